The first-order chi connectivity index (χ1) is 8.83. The maximum atomic E-state index is 11.0. The third kappa shape index (κ3) is 2.00. The molecule has 0 aliphatic carbocycles. The normalized spacial score (nSPS) is 15.1. The predicted octanol–water partition coefficient (Wildman–Crippen LogP) is 0.881. The van der Waals surface area contributed by atoms with Crippen molar-refractivity contribution in [2.45, 2.75) is 12.8 Å². The van der Waals surface area contributed by atoms with Crippen molar-refractivity contribution >= 4 is 11.6 Å². The molecule has 2 aromatic rings. The molecule has 3 heterocycles. The van der Waals surface area contributed by atoms with E-state index in [-0.39, 0.29) is 5.91 Å². The van der Waals surface area contributed by atoms with Crippen molar-refractivity contribution < 1.29 is 4.79 Å². The summed E-state index contributed by atoms with van der Waals surface area (Å²) < 4.78 is 1.83. The molecule has 1 amide bonds. The van der Waals surface area contributed by atoms with Crippen molar-refractivity contribution in [3.63, 3.8) is 0 Å². The molecule has 0 atom stereocenters. The first-order valence-corrected chi connectivity index (χ1v) is 5.63. The molecule has 6 heteroatoms. The standard InChI is InChI=1S/C12H11N5O/c18-12-4-2-10(15-16-12)9-1-3-11(14-7-9)17-6-5-13-8-17/h1,3,5-8H,2,4H2,(H,16,18). The van der Waals surface area contributed by atoms with Crippen LogP contribution in [0.25, 0.3) is 5.82 Å². The van der Waals surface area contributed by atoms with Crippen LogP contribution in [0.15, 0.2) is 42.2 Å². The van der Waals surface area contributed by atoms with Gasteiger partial charge >= 0.3 is 0 Å². The van der Waals surface area contributed by atoms with E-state index >= 15 is 0 Å². The van der Waals surface area contributed by atoms with Crippen molar-refractivity contribution in [3.05, 3.63) is 42.6 Å². The Bertz CT molecular complexity index is 585. The zero-order valence-electron chi connectivity index (χ0n) is 9.58. The van der Waals surface area contributed by atoms with Crippen LogP contribution in [-0.2, 0) is 4.79 Å². The number of hydrogen-bond donors (Lipinski definition) is 1. The molecule has 18 heavy (non-hydrogen) atoms. The first-order valence-electron chi connectivity index (χ1n) is 5.63. The van der Waals surface area contributed by atoms with Crippen LogP contribution in [0.3, 0.4) is 0 Å². The van der Waals surface area contributed by atoms with Gasteiger partial charge in [0, 0.05) is 37.0 Å². The first kappa shape index (κ1) is 10.6. The minimum absolute atomic E-state index is 0.0401. The average Bonchev–Trinajstić information content (AvgIpc) is 2.94. The number of nitrogens with zero attached hydrogens (tertiary/aromatic N) is 4. The lowest BCUT2D eigenvalue weighted by atomic mass is 10.1. The van der Waals surface area contributed by atoms with E-state index < -0.39 is 0 Å². The smallest absolute Gasteiger partial charge is 0.240 e. The minimum Gasteiger partial charge on any atom is -0.291 e. The minimum atomic E-state index is -0.0401. The molecule has 3 rings (SSSR count). The molecule has 1 aliphatic rings. The highest BCUT2D eigenvalue weighted by atomic mass is 16.2. The van der Waals surface area contributed by atoms with Crippen LogP contribution in [0, 0.1) is 0 Å². The van der Waals surface area contributed by atoms with Crippen LogP contribution in [-0.4, -0.2) is 26.2 Å². The summed E-state index contributed by atoms with van der Waals surface area (Å²) in [5, 5.41) is 4.03. The van der Waals surface area contributed by atoms with Gasteiger partial charge in [-0.15, -0.1) is 0 Å². The van der Waals surface area contributed by atoms with Crippen molar-refractivity contribution in [1.29, 1.82) is 0 Å². The largest absolute Gasteiger partial charge is 0.291 e. The molecule has 90 valence electrons. The molecule has 0 aromatic carbocycles. The van der Waals surface area contributed by atoms with Gasteiger partial charge in [0.05, 0.1) is 5.71 Å². The molecular weight excluding hydrogens is 230 g/mol. The van der Waals surface area contributed by atoms with Crippen LogP contribution < -0.4 is 5.43 Å². The Kier molecular flexibility index (Phi) is 2.60. The number of hydrogen-bond acceptors (Lipinski definition) is 4. The number of hydrazone groups is 1. The number of rotatable bonds is 2. The summed E-state index contributed by atoms with van der Waals surface area (Å²) >= 11 is 0. The lowest BCUT2D eigenvalue weighted by Crippen LogP contribution is -2.25. The highest BCUT2D eigenvalue weighted by molar-refractivity contribution is 6.03. The lowest BCUT2D eigenvalue weighted by molar-refractivity contribution is -0.121. The summed E-state index contributed by atoms with van der Waals surface area (Å²) in [6.07, 6.45) is 8.11. The molecule has 0 bridgehead atoms. The Morgan fingerprint density at radius 1 is 1.28 bits per heavy atom. The molecule has 0 fully saturated rings. The lowest BCUT2D eigenvalue weighted by Gasteiger charge is -2.12. The van der Waals surface area contributed by atoms with Gasteiger partial charge in [0.15, 0.2) is 0 Å². The monoisotopic (exact) mass is 241 g/mol. The van der Waals surface area contributed by atoms with Gasteiger partial charge in [0.25, 0.3) is 0 Å². The molecule has 0 saturated heterocycles. The fourth-order valence-corrected chi connectivity index (χ4v) is 1.79. The Morgan fingerprint density at radius 3 is 2.83 bits per heavy atom. The van der Waals surface area contributed by atoms with Crippen molar-refractivity contribution in [3.8, 4) is 5.82 Å². The molecule has 0 saturated carbocycles. The van der Waals surface area contributed by atoms with Crippen molar-refractivity contribution in [1.82, 2.24) is 20.0 Å². The topological polar surface area (TPSA) is 72.2 Å². The van der Waals surface area contributed by atoms with E-state index in [9.17, 15) is 4.79 Å². The zero-order valence-corrected chi connectivity index (χ0v) is 9.58. The second-order valence-corrected chi connectivity index (χ2v) is 3.97. The fourth-order valence-electron chi connectivity index (χ4n) is 1.79. The van der Waals surface area contributed by atoms with Crippen LogP contribution in [0.4, 0.5) is 0 Å². The van der Waals surface area contributed by atoms with E-state index in [2.05, 4.69) is 20.5 Å². The quantitative estimate of drug-likeness (QED) is 0.848. The molecule has 0 spiro atoms. The number of pyridine rings is 1. The van der Waals surface area contributed by atoms with E-state index in [1.54, 1.807) is 18.7 Å². The Balaban J connectivity index is 1.85. The van der Waals surface area contributed by atoms with E-state index in [1.807, 2.05) is 22.9 Å². The van der Waals surface area contributed by atoms with Crippen LogP contribution in [0.5, 0.6) is 0 Å². The maximum Gasteiger partial charge on any atom is 0.240 e. The maximum absolute atomic E-state index is 11.0. The molecule has 1 N–H and O–H groups in total. The molecular formula is C12H11N5O. The number of imidazole rings is 1. The second kappa shape index (κ2) is 4.40. The van der Waals surface area contributed by atoms with E-state index in [4.69, 9.17) is 0 Å². The number of nitrogens with one attached hydrogen (secondary N) is 1. The summed E-state index contributed by atoms with van der Waals surface area (Å²) in [5.74, 6) is 0.762. The van der Waals surface area contributed by atoms with Gasteiger partial charge in [0.2, 0.25) is 5.91 Å². The van der Waals surface area contributed by atoms with Gasteiger partial charge in [-0.05, 0) is 12.1 Å². The van der Waals surface area contributed by atoms with Crippen LogP contribution in [0.2, 0.25) is 0 Å². The third-order valence-electron chi connectivity index (χ3n) is 2.75. The Labute approximate surface area is 103 Å². The zero-order chi connectivity index (χ0) is 12.4. The van der Waals surface area contributed by atoms with Gasteiger partial charge in [-0.1, -0.05) is 0 Å². The van der Waals surface area contributed by atoms with Gasteiger partial charge in [-0.2, -0.15) is 5.10 Å². The fraction of sp³-hybridized carbons (Fsp3) is 0.167. The Morgan fingerprint density at radius 2 is 2.22 bits per heavy atom. The predicted molar refractivity (Wildman–Crippen MR) is 65.3 cm³/mol. The van der Waals surface area contributed by atoms with Gasteiger partial charge in [0.1, 0.15) is 12.1 Å². The molecule has 6 nitrogen and oxygen atoms in total. The van der Waals surface area contributed by atoms with Crippen molar-refractivity contribution in [2.24, 2.45) is 5.10 Å². The summed E-state index contributed by atoms with van der Waals surface area (Å²) in [6.45, 7) is 0. The number of amides is 1. The number of carbonyl (C=O) groups is 1. The average molecular weight is 241 g/mol. The van der Waals surface area contributed by atoms with Gasteiger partial charge < -0.3 is 0 Å². The second-order valence-electron chi connectivity index (χ2n) is 3.97. The molecule has 0 unspecified atom stereocenters. The van der Waals surface area contributed by atoms with E-state index in [1.165, 1.54) is 0 Å². The van der Waals surface area contributed by atoms with Crippen LogP contribution in [0.1, 0.15) is 18.4 Å². The highest BCUT2D eigenvalue weighted by Gasteiger charge is 2.13. The summed E-state index contributed by atoms with van der Waals surface area (Å²) in [7, 11) is 0. The van der Waals surface area contributed by atoms with Crippen molar-refractivity contribution in [2.75, 3.05) is 0 Å². The van der Waals surface area contributed by atoms with Gasteiger partial charge in [-0.25, -0.2) is 15.4 Å². The summed E-state index contributed by atoms with van der Waals surface area (Å²) in [6, 6.07) is 3.84. The van der Waals surface area contributed by atoms with Gasteiger partial charge in [-0.3, -0.25) is 9.36 Å². The summed E-state index contributed by atoms with van der Waals surface area (Å²) in [4.78, 5) is 19.3. The van der Waals surface area contributed by atoms with E-state index in [0.717, 1.165) is 17.1 Å². The number of carbonyl (C=O) groups excluding carboxylic acids is 1. The van der Waals surface area contributed by atoms with Crippen LogP contribution >= 0.6 is 0 Å². The molecule has 2 aromatic heterocycles. The van der Waals surface area contributed by atoms with E-state index in [0.29, 0.717) is 12.8 Å². The molecule has 0 radical (unpaired) electrons. The SMILES string of the molecule is O=C1CCC(c2ccc(-n3ccnc3)nc2)=NN1. The number of aromatic nitrogens is 3. The molecule has 1 aliphatic heterocycles. The summed E-state index contributed by atoms with van der Waals surface area (Å²) in [5.41, 5.74) is 4.27. The highest BCUT2D eigenvalue weighted by Crippen LogP contribution is 2.11. The Hall–Kier alpha value is -2.50. The third-order valence-corrected chi connectivity index (χ3v) is 2.75.